The Balaban J connectivity index is 1.49. The number of benzene rings is 2. The maximum atomic E-state index is 10.2. The number of halogens is 2. The summed E-state index contributed by atoms with van der Waals surface area (Å²) >= 11 is 12.1. The molecule has 0 aliphatic rings. The van der Waals surface area contributed by atoms with Gasteiger partial charge in [0.1, 0.15) is 11.5 Å². The van der Waals surface area contributed by atoms with Gasteiger partial charge in [0.05, 0.1) is 22.3 Å². The minimum Gasteiger partial charge on any atom is -0.508 e. The molecule has 6 N–H and O–H groups in total. The van der Waals surface area contributed by atoms with Crippen molar-refractivity contribution in [3.8, 4) is 11.5 Å². The SMILES string of the molecule is Oc1ccc(C(O)CNCCCCCCNCC(O)c2ccc(O)cc2Cl)c(Cl)c1. The number of phenols is 2. The summed E-state index contributed by atoms with van der Waals surface area (Å²) in [5.74, 6) is 0.161. The Labute approximate surface area is 187 Å². The Morgan fingerprint density at radius 1 is 0.667 bits per heavy atom. The van der Waals surface area contributed by atoms with Crippen molar-refractivity contribution in [2.24, 2.45) is 0 Å². The lowest BCUT2D eigenvalue weighted by Gasteiger charge is -2.14. The summed E-state index contributed by atoms with van der Waals surface area (Å²) in [6, 6.07) is 9.12. The van der Waals surface area contributed by atoms with Gasteiger partial charge in [0.15, 0.2) is 0 Å². The Morgan fingerprint density at radius 2 is 1.07 bits per heavy atom. The minimum absolute atomic E-state index is 0.0806. The lowest BCUT2D eigenvalue weighted by Crippen LogP contribution is -2.23. The first-order valence-electron chi connectivity index (χ1n) is 10.1. The van der Waals surface area contributed by atoms with E-state index in [0.717, 1.165) is 38.8 Å². The van der Waals surface area contributed by atoms with E-state index in [1.165, 1.54) is 24.3 Å². The number of unbranched alkanes of at least 4 members (excludes halogenated alkanes) is 3. The third kappa shape index (κ3) is 8.30. The van der Waals surface area contributed by atoms with Gasteiger partial charge in [-0.05, 0) is 50.2 Å². The summed E-state index contributed by atoms with van der Waals surface area (Å²) in [7, 11) is 0. The van der Waals surface area contributed by atoms with Gasteiger partial charge in [-0.15, -0.1) is 0 Å². The normalized spacial score (nSPS) is 13.3. The van der Waals surface area contributed by atoms with Crippen LogP contribution in [0.2, 0.25) is 10.0 Å². The summed E-state index contributed by atoms with van der Waals surface area (Å²) in [5.41, 5.74) is 1.20. The largest absolute Gasteiger partial charge is 0.508 e. The fourth-order valence-corrected chi connectivity index (χ4v) is 3.73. The molecule has 0 aliphatic heterocycles. The van der Waals surface area contributed by atoms with Crippen molar-refractivity contribution in [2.45, 2.75) is 37.9 Å². The first kappa shape index (κ1) is 24.7. The van der Waals surface area contributed by atoms with Gasteiger partial charge in [-0.1, -0.05) is 48.2 Å². The van der Waals surface area contributed by atoms with Crippen LogP contribution in [0, 0.1) is 0 Å². The van der Waals surface area contributed by atoms with E-state index in [9.17, 15) is 20.4 Å². The van der Waals surface area contributed by atoms with E-state index < -0.39 is 12.2 Å². The Morgan fingerprint density at radius 3 is 1.43 bits per heavy atom. The van der Waals surface area contributed by atoms with Crippen molar-refractivity contribution in [2.75, 3.05) is 26.2 Å². The van der Waals surface area contributed by atoms with E-state index in [1.807, 2.05) is 0 Å². The van der Waals surface area contributed by atoms with Crippen LogP contribution in [0.3, 0.4) is 0 Å². The van der Waals surface area contributed by atoms with Crippen molar-refractivity contribution < 1.29 is 20.4 Å². The second-order valence-corrected chi connectivity index (χ2v) is 8.08. The number of aromatic hydroxyl groups is 2. The summed E-state index contributed by atoms with van der Waals surface area (Å²) in [5, 5.41) is 46.2. The van der Waals surface area contributed by atoms with E-state index in [2.05, 4.69) is 10.6 Å². The highest BCUT2D eigenvalue weighted by molar-refractivity contribution is 6.31. The highest BCUT2D eigenvalue weighted by atomic mass is 35.5. The van der Waals surface area contributed by atoms with Crippen LogP contribution in [0.15, 0.2) is 36.4 Å². The quantitative estimate of drug-likeness (QED) is 0.255. The van der Waals surface area contributed by atoms with E-state index >= 15 is 0 Å². The Kier molecular flexibility index (Phi) is 10.7. The fraction of sp³-hybridized carbons (Fsp3) is 0.455. The average Bonchev–Trinajstić information content (AvgIpc) is 2.69. The molecular formula is C22H30Cl2N2O4. The van der Waals surface area contributed by atoms with Crippen LogP contribution in [0.4, 0.5) is 0 Å². The van der Waals surface area contributed by atoms with Gasteiger partial charge in [0, 0.05) is 24.2 Å². The Bertz CT molecular complexity index is 726. The second kappa shape index (κ2) is 13.0. The number of aliphatic hydroxyl groups excluding tert-OH is 2. The standard InChI is InChI=1S/C22H30Cl2N2O4/c23-19-11-15(27)5-7-17(19)21(29)13-25-9-3-1-2-4-10-26-14-22(30)18-8-6-16(28)12-20(18)24/h5-8,11-12,21-22,25-30H,1-4,9-10,13-14H2. The maximum Gasteiger partial charge on any atom is 0.117 e. The van der Waals surface area contributed by atoms with Gasteiger partial charge in [0.2, 0.25) is 0 Å². The lowest BCUT2D eigenvalue weighted by atomic mass is 10.1. The molecule has 0 aromatic heterocycles. The van der Waals surface area contributed by atoms with E-state index in [0.29, 0.717) is 34.3 Å². The molecule has 2 aromatic carbocycles. The number of aliphatic hydroxyl groups is 2. The molecule has 0 fully saturated rings. The molecule has 166 valence electrons. The van der Waals surface area contributed by atoms with Crippen molar-refractivity contribution in [3.63, 3.8) is 0 Å². The zero-order valence-electron chi connectivity index (χ0n) is 16.8. The molecule has 2 rings (SSSR count). The molecule has 0 amide bonds. The molecule has 8 heteroatoms. The van der Waals surface area contributed by atoms with Gasteiger partial charge < -0.3 is 31.1 Å². The molecule has 0 aliphatic carbocycles. The molecule has 0 radical (unpaired) electrons. The topological polar surface area (TPSA) is 105 Å². The molecule has 0 heterocycles. The van der Waals surface area contributed by atoms with Gasteiger partial charge >= 0.3 is 0 Å². The summed E-state index contributed by atoms with van der Waals surface area (Å²) in [4.78, 5) is 0. The zero-order chi connectivity index (χ0) is 21.9. The number of hydrogen-bond acceptors (Lipinski definition) is 6. The van der Waals surface area contributed by atoms with Gasteiger partial charge in [0.25, 0.3) is 0 Å². The molecule has 30 heavy (non-hydrogen) atoms. The molecule has 0 bridgehead atoms. The highest BCUT2D eigenvalue weighted by Crippen LogP contribution is 2.27. The first-order valence-corrected chi connectivity index (χ1v) is 10.9. The number of hydrogen-bond donors (Lipinski definition) is 6. The minimum atomic E-state index is -0.712. The molecule has 6 nitrogen and oxygen atoms in total. The van der Waals surface area contributed by atoms with Crippen molar-refractivity contribution in [1.82, 2.24) is 10.6 Å². The first-order chi connectivity index (χ1) is 14.4. The van der Waals surface area contributed by atoms with Crippen LogP contribution in [0.25, 0.3) is 0 Å². The lowest BCUT2D eigenvalue weighted by molar-refractivity contribution is 0.174. The van der Waals surface area contributed by atoms with Gasteiger partial charge in [-0.3, -0.25) is 0 Å². The number of rotatable bonds is 13. The Hall–Kier alpha value is -1.54. The zero-order valence-corrected chi connectivity index (χ0v) is 18.3. The molecule has 2 unspecified atom stereocenters. The van der Waals surface area contributed by atoms with E-state index in [1.54, 1.807) is 12.1 Å². The molecule has 2 aromatic rings. The number of phenolic OH excluding ortho intramolecular Hbond substituents is 2. The van der Waals surface area contributed by atoms with E-state index in [4.69, 9.17) is 23.2 Å². The van der Waals surface area contributed by atoms with Crippen molar-refractivity contribution >= 4 is 23.2 Å². The van der Waals surface area contributed by atoms with Crippen molar-refractivity contribution in [3.05, 3.63) is 57.6 Å². The third-order valence-corrected chi connectivity index (χ3v) is 5.47. The van der Waals surface area contributed by atoms with Crippen molar-refractivity contribution in [1.29, 1.82) is 0 Å². The monoisotopic (exact) mass is 456 g/mol. The second-order valence-electron chi connectivity index (χ2n) is 7.27. The summed E-state index contributed by atoms with van der Waals surface area (Å²) in [6.45, 7) is 2.42. The molecule has 2 atom stereocenters. The number of nitrogens with one attached hydrogen (secondary N) is 2. The van der Waals surface area contributed by atoms with Crippen LogP contribution in [-0.2, 0) is 0 Å². The summed E-state index contributed by atoms with van der Waals surface area (Å²) < 4.78 is 0. The van der Waals surface area contributed by atoms with Gasteiger partial charge in [-0.25, -0.2) is 0 Å². The fourth-order valence-electron chi connectivity index (χ4n) is 3.12. The van der Waals surface area contributed by atoms with Crippen LogP contribution in [-0.4, -0.2) is 46.6 Å². The summed E-state index contributed by atoms with van der Waals surface area (Å²) in [6.07, 6.45) is 2.71. The molecule has 0 saturated carbocycles. The third-order valence-electron chi connectivity index (χ3n) is 4.82. The highest BCUT2D eigenvalue weighted by Gasteiger charge is 2.12. The smallest absolute Gasteiger partial charge is 0.117 e. The van der Waals surface area contributed by atoms with Crippen LogP contribution < -0.4 is 10.6 Å². The van der Waals surface area contributed by atoms with Crippen LogP contribution in [0.5, 0.6) is 11.5 Å². The van der Waals surface area contributed by atoms with Crippen LogP contribution in [0.1, 0.15) is 49.0 Å². The average molecular weight is 457 g/mol. The molecule has 0 spiro atoms. The predicted octanol–water partition coefficient (Wildman–Crippen LogP) is 3.91. The molecular weight excluding hydrogens is 427 g/mol. The predicted molar refractivity (Wildman–Crippen MR) is 120 cm³/mol. The van der Waals surface area contributed by atoms with Crippen LogP contribution >= 0.6 is 23.2 Å². The molecule has 0 saturated heterocycles. The van der Waals surface area contributed by atoms with Gasteiger partial charge in [-0.2, -0.15) is 0 Å². The van der Waals surface area contributed by atoms with E-state index in [-0.39, 0.29) is 11.5 Å². The maximum absolute atomic E-state index is 10.2.